The zero-order valence-electron chi connectivity index (χ0n) is 6.89. The van der Waals surface area contributed by atoms with Gasteiger partial charge in [-0.1, -0.05) is 0 Å². The zero-order chi connectivity index (χ0) is 8.16. The molecule has 3 heteroatoms. The Kier molecular flexibility index (Phi) is 2.86. The number of nitriles is 1. The van der Waals surface area contributed by atoms with Gasteiger partial charge in [0, 0.05) is 0 Å². The van der Waals surface area contributed by atoms with Crippen LogP contribution in [0.3, 0.4) is 0 Å². The van der Waals surface area contributed by atoms with Crippen LogP contribution in [0.4, 0.5) is 0 Å². The molecule has 0 saturated carbocycles. The summed E-state index contributed by atoms with van der Waals surface area (Å²) in [7, 11) is 0. The van der Waals surface area contributed by atoms with Gasteiger partial charge in [0.15, 0.2) is 0 Å². The standard InChI is InChI=1S/C8H14N2O/c1-8(11-7-4-9)2-5-10-6-3-8/h10H,2-3,5-7H2,1H3. The molecule has 62 valence electrons. The molecule has 1 heterocycles. The van der Waals surface area contributed by atoms with Crippen LogP contribution in [0.25, 0.3) is 0 Å². The molecule has 3 nitrogen and oxygen atoms in total. The number of ether oxygens (including phenoxy) is 1. The van der Waals surface area contributed by atoms with Crippen molar-refractivity contribution in [2.45, 2.75) is 25.4 Å². The first-order valence-electron chi connectivity index (χ1n) is 3.98. The predicted octanol–water partition coefficient (Wildman–Crippen LogP) is 0.669. The summed E-state index contributed by atoms with van der Waals surface area (Å²) in [6.45, 7) is 4.30. The molecule has 0 aromatic carbocycles. The Morgan fingerprint density at radius 2 is 2.18 bits per heavy atom. The third-order valence-electron chi connectivity index (χ3n) is 2.15. The van der Waals surface area contributed by atoms with Gasteiger partial charge in [0.1, 0.15) is 6.61 Å². The van der Waals surface area contributed by atoms with Gasteiger partial charge in [-0.25, -0.2) is 0 Å². The first-order valence-corrected chi connectivity index (χ1v) is 3.98. The van der Waals surface area contributed by atoms with Gasteiger partial charge in [-0.15, -0.1) is 0 Å². The van der Waals surface area contributed by atoms with E-state index in [4.69, 9.17) is 10.00 Å². The fourth-order valence-corrected chi connectivity index (χ4v) is 1.31. The van der Waals surface area contributed by atoms with Crippen molar-refractivity contribution >= 4 is 0 Å². The van der Waals surface area contributed by atoms with Gasteiger partial charge in [-0.3, -0.25) is 0 Å². The van der Waals surface area contributed by atoms with Crippen LogP contribution in [-0.4, -0.2) is 25.3 Å². The molecule has 0 unspecified atom stereocenters. The van der Waals surface area contributed by atoms with Crippen LogP contribution in [0.15, 0.2) is 0 Å². The van der Waals surface area contributed by atoms with Crippen molar-refractivity contribution in [1.29, 1.82) is 5.26 Å². The molecule has 1 aliphatic heterocycles. The lowest BCUT2D eigenvalue weighted by molar-refractivity contribution is -0.0356. The van der Waals surface area contributed by atoms with Crippen LogP contribution < -0.4 is 5.32 Å². The molecule has 0 atom stereocenters. The van der Waals surface area contributed by atoms with E-state index in [0.29, 0.717) is 0 Å². The van der Waals surface area contributed by atoms with Gasteiger partial charge in [-0.2, -0.15) is 5.26 Å². The van der Waals surface area contributed by atoms with Crippen molar-refractivity contribution in [3.8, 4) is 6.07 Å². The molecule has 0 aromatic heterocycles. The minimum absolute atomic E-state index is 0.0546. The zero-order valence-corrected chi connectivity index (χ0v) is 6.89. The molecule has 1 rings (SSSR count). The quantitative estimate of drug-likeness (QED) is 0.635. The Bertz CT molecular complexity index is 156. The van der Waals surface area contributed by atoms with E-state index in [1.807, 2.05) is 6.07 Å². The average Bonchev–Trinajstić information content (AvgIpc) is 2.03. The van der Waals surface area contributed by atoms with Gasteiger partial charge < -0.3 is 10.1 Å². The topological polar surface area (TPSA) is 45.0 Å². The second-order valence-corrected chi connectivity index (χ2v) is 3.15. The third kappa shape index (κ3) is 2.49. The number of nitrogens with one attached hydrogen (secondary N) is 1. The lowest BCUT2D eigenvalue weighted by atomic mass is 9.95. The molecule has 1 fully saturated rings. The van der Waals surface area contributed by atoms with E-state index < -0.39 is 0 Å². The maximum absolute atomic E-state index is 8.32. The van der Waals surface area contributed by atoms with Gasteiger partial charge in [0.25, 0.3) is 0 Å². The Hall–Kier alpha value is -0.590. The number of rotatable bonds is 2. The SMILES string of the molecule is CC1(OCC#N)CCNCC1. The van der Waals surface area contributed by atoms with Crippen LogP contribution in [0.1, 0.15) is 19.8 Å². The van der Waals surface area contributed by atoms with E-state index in [2.05, 4.69) is 12.2 Å². The molecule has 1 N–H and O–H groups in total. The minimum Gasteiger partial charge on any atom is -0.360 e. The Labute approximate surface area is 67.3 Å². The third-order valence-corrected chi connectivity index (χ3v) is 2.15. The van der Waals surface area contributed by atoms with Crippen molar-refractivity contribution in [2.75, 3.05) is 19.7 Å². The fraction of sp³-hybridized carbons (Fsp3) is 0.875. The summed E-state index contributed by atoms with van der Waals surface area (Å²) in [5, 5.41) is 11.6. The largest absolute Gasteiger partial charge is 0.360 e. The van der Waals surface area contributed by atoms with Crippen LogP contribution in [0.5, 0.6) is 0 Å². The van der Waals surface area contributed by atoms with E-state index in [1.165, 1.54) is 0 Å². The summed E-state index contributed by atoms with van der Waals surface area (Å²) < 4.78 is 5.42. The van der Waals surface area contributed by atoms with E-state index in [-0.39, 0.29) is 12.2 Å². The highest BCUT2D eigenvalue weighted by Gasteiger charge is 2.26. The highest BCUT2D eigenvalue weighted by molar-refractivity contribution is 4.83. The van der Waals surface area contributed by atoms with Crippen LogP contribution in [0, 0.1) is 11.3 Å². The molecule has 0 bridgehead atoms. The predicted molar refractivity (Wildman–Crippen MR) is 42.1 cm³/mol. The minimum atomic E-state index is -0.0546. The number of hydrogen-bond acceptors (Lipinski definition) is 3. The molecule has 0 amide bonds. The maximum atomic E-state index is 8.32. The summed E-state index contributed by atoms with van der Waals surface area (Å²) >= 11 is 0. The van der Waals surface area contributed by atoms with Crippen molar-refractivity contribution < 1.29 is 4.74 Å². The Morgan fingerprint density at radius 1 is 1.55 bits per heavy atom. The first kappa shape index (κ1) is 8.51. The lowest BCUT2D eigenvalue weighted by Crippen LogP contribution is -2.41. The second-order valence-electron chi connectivity index (χ2n) is 3.15. The summed E-state index contributed by atoms with van der Waals surface area (Å²) in [6.07, 6.45) is 2.02. The first-order chi connectivity index (χ1) is 5.27. The fourth-order valence-electron chi connectivity index (χ4n) is 1.31. The molecule has 0 spiro atoms. The molecule has 0 aromatic rings. The summed E-state index contributed by atoms with van der Waals surface area (Å²) in [5.41, 5.74) is -0.0546. The van der Waals surface area contributed by atoms with E-state index in [9.17, 15) is 0 Å². The highest BCUT2D eigenvalue weighted by Crippen LogP contribution is 2.21. The monoisotopic (exact) mass is 154 g/mol. The van der Waals surface area contributed by atoms with Crippen LogP contribution in [-0.2, 0) is 4.74 Å². The maximum Gasteiger partial charge on any atom is 0.134 e. The molecule has 0 radical (unpaired) electrons. The summed E-state index contributed by atoms with van der Waals surface area (Å²) in [4.78, 5) is 0. The average molecular weight is 154 g/mol. The molecule has 1 aliphatic rings. The van der Waals surface area contributed by atoms with Crippen molar-refractivity contribution in [2.24, 2.45) is 0 Å². The normalized spacial score (nSPS) is 22.5. The summed E-state index contributed by atoms with van der Waals surface area (Å²) in [6, 6.07) is 2.00. The number of nitrogens with zero attached hydrogens (tertiary/aromatic N) is 1. The van der Waals surface area contributed by atoms with E-state index >= 15 is 0 Å². The van der Waals surface area contributed by atoms with Crippen molar-refractivity contribution in [3.05, 3.63) is 0 Å². The van der Waals surface area contributed by atoms with Gasteiger partial charge in [0.2, 0.25) is 0 Å². The smallest absolute Gasteiger partial charge is 0.134 e. The number of hydrogen-bond donors (Lipinski definition) is 1. The van der Waals surface area contributed by atoms with E-state index in [1.54, 1.807) is 0 Å². The molecule has 0 aliphatic carbocycles. The Morgan fingerprint density at radius 3 is 2.73 bits per heavy atom. The van der Waals surface area contributed by atoms with E-state index in [0.717, 1.165) is 25.9 Å². The van der Waals surface area contributed by atoms with Crippen molar-refractivity contribution in [1.82, 2.24) is 5.32 Å². The lowest BCUT2D eigenvalue weighted by Gasteiger charge is -2.33. The van der Waals surface area contributed by atoms with Gasteiger partial charge in [0.05, 0.1) is 11.7 Å². The summed E-state index contributed by atoms with van der Waals surface area (Å²) in [5.74, 6) is 0. The number of piperidine rings is 1. The highest BCUT2D eigenvalue weighted by atomic mass is 16.5. The molecule has 1 saturated heterocycles. The Balaban J connectivity index is 2.32. The van der Waals surface area contributed by atoms with Crippen molar-refractivity contribution in [3.63, 3.8) is 0 Å². The van der Waals surface area contributed by atoms with Crippen LogP contribution in [0.2, 0.25) is 0 Å². The molecular formula is C8H14N2O. The molecular weight excluding hydrogens is 140 g/mol. The van der Waals surface area contributed by atoms with Gasteiger partial charge >= 0.3 is 0 Å². The molecule has 11 heavy (non-hydrogen) atoms. The van der Waals surface area contributed by atoms with Crippen LogP contribution >= 0.6 is 0 Å². The second kappa shape index (κ2) is 3.70. The van der Waals surface area contributed by atoms with Gasteiger partial charge in [-0.05, 0) is 32.9 Å².